The van der Waals surface area contributed by atoms with Crippen LogP contribution in [0.5, 0.6) is 0 Å². The van der Waals surface area contributed by atoms with Crippen LogP contribution in [-0.4, -0.2) is 45.9 Å². The number of likely N-dealkylation sites (tertiary alicyclic amines) is 1. The first-order valence-corrected chi connectivity index (χ1v) is 10.4. The lowest BCUT2D eigenvalue weighted by Gasteiger charge is -2.16. The average Bonchev–Trinajstić information content (AvgIpc) is 3.33. The number of hydrogen-bond acceptors (Lipinski definition) is 6. The van der Waals surface area contributed by atoms with Crippen molar-refractivity contribution >= 4 is 39.9 Å². The molecule has 1 aliphatic rings. The van der Waals surface area contributed by atoms with Crippen molar-refractivity contribution in [2.75, 3.05) is 23.7 Å². The Labute approximate surface area is 179 Å². The largest absolute Gasteiger partial charge is 0.445 e. The maximum atomic E-state index is 12.6. The number of alkyl halides is 3. The minimum atomic E-state index is -4.63. The highest BCUT2D eigenvalue weighted by atomic mass is 32.1. The summed E-state index contributed by atoms with van der Waals surface area (Å²) >= 11 is 0.226. The first kappa shape index (κ1) is 22.7. The van der Waals surface area contributed by atoms with Crippen LogP contribution in [0.1, 0.15) is 41.6 Å². The fourth-order valence-electron chi connectivity index (χ4n) is 3.02. The Morgan fingerprint density at radius 2 is 1.90 bits per heavy atom. The molecule has 166 valence electrons. The van der Waals surface area contributed by atoms with Crippen molar-refractivity contribution < 1.29 is 27.6 Å². The molecule has 1 atom stereocenters. The second-order valence-corrected chi connectivity index (χ2v) is 8.00. The second-order valence-electron chi connectivity index (χ2n) is 7.03. The maximum absolute atomic E-state index is 12.6. The average molecular weight is 455 g/mol. The number of amides is 3. The molecule has 1 aliphatic heterocycles. The molecule has 1 aromatic heterocycles. The van der Waals surface area contributed by atoms with Crippen LogP contribution in [0.2, 0.25) is 0 Å². The van der Waals surface area contributed by atoms with Crippen LogP contribution >= 0.6 is 11.3 Å². The van der Waals surface area contributed by atoms with Crippen LogP contribution < -0.4 is 10.6 Å². The lowest BCUT2D eigenvalue weighted by molar-refractivity contribution is -0.138. The highest BCUT2D eigenvalue weighted by Crippen LogP contribution is 2.33. The van der Waals surface area contributed by atoms with Crippen LogP contribution in [0.3, 0.4) is 0 Å². The van der Waals surface area contributed by atoms with Gasteiger partial charge in [-0.2, -0.15) is 13.2 Å². The molecule has 0 bridgehead atoms. The first-order valence-electron chi connectivity index (χ1n) is 9.58. The molecule has 2 aromatic rings. The molecule has 2 N–H and O–H groups in total. The van der Waals surface area contributed by atoms with Crippen molar-refractivity contribution in [3.05, 3.63) is 34.8 Å². The van der Waals surface area contributed by atoms with Crippen LogP contribution in [0, 0.1) is 5.92 Å². The normalized spacial score (nSPS) is 16.5. The monoisotopic (exact) mass is 455 g/mol. The van der Waals surface area contributed by atoms with E-state index in [4.69, 9.17) is 0 Å². The first-order chi connectivity index (χ1) is 14.7. The highest BCUT2D eigenvalue weighted by Gasteiger charge is 2.36. The zero-order valence-electron chi connectivity index (χ0n) is 16.5. The number of unbranched alkanes of at least 4 members (excludes halogenated alkanes) is 1. The predicted octanol–water partition coefficient (Wildman–Crippen LogP) is 3.40. The topological polar surface area (TPSA) is 104 Å². The fourth-order valence-corrected chi connectivity index (χ4v) is 3.63. The smallest absolute Gasteiger partial charge is 0.342 e. The van der Waals surface area contributed by atoms with Crippen molar-refractivity contribution in [2.24, 2.45) is 5.92 Å². The van der Waals surface area contributed by atoms with E-state index in [1.54, 1.807) is 4.90 Å². The van der Waals surface area contributed by atoms with Crippen molar-refractivity contribution in [3.63, 3.8) is 0 Å². The summed E-state index contributed by atoms with van der Waals surface area (Å²) in [6.45, 7) is 3.05. The number of halogens is 3. The molecule has 0 radical (unpaired) electrons. The standard InChI is InChI=1S/C19H20F3N5O3S/c1-2-3-8-27-10-12(9-14(27)28)16(30)23-13-6-4-11(5-7-13)15(29)24-18-26-25-17(31-18)19(20,21)22/h4-7,12H,2-3,8-10H2,1H3,(H,23,30)(H,24,26,29). The summed E-state index contributed by atoms with van der Waals surface area (Å²) in [4.78, 5) is 38.3. The van der Waals surface area contributed by atoms with Crippen molar-refractivity contribution in [3.8, 4) is 0 Å². The third-order valence-corrected chi connectivity index (χ3v) is 5.55. The Kier molecular flexibility index (Phi) is 6.88. The summed E-state index contributed by atoms with van der Waals surface area (Å²) in [6.07, 6.45) is -2.61. The number of anilines is 2. The van der Waals surface area contributed by atoms with E-state index in [1.165, 1.54) is 24.3 Å². The molecule has 1 aromatic carbocycles. The van der Waals surface area contributed by atoms with Crippen molar-refractivity contribution in [1.29, 1.82) is 0 Å². The zero-order chi connectivity index (χ0) is 22.6. The second kappa shape index (κ2) is 9.41. The number of carbonyl (C=O) groups is 3. The summed E-state index contributed by atoms with van der Waals surface area (Å²) in [6, 6.07) is 5.84. The summed E-state index contributed by atoms with van der Waals surface area (Å²) < 4.78 is 37.7. The molecule has 0 aliphatic carbocycles. The number of hydrogen-bond donors (Lipinski definition) is 2. The molecule has 31 heavy (non-hydrogen) atoms. The van der Waals surface area contributed by atoms with E-state index in [-0.39, 0.29) is 40.3 Å². The Morgan fingerprint density at radius 3 is 2.52 bits per heavy atom. The SMILES string of the molecule is CCCCN1CC(C(=O)Nc2ccc(C(=O)Nc3nnc(C(F)(F)F)s3)cc2)CC1=O. The lowest BCUT2D eigenvalue weighted by atomic mass is 10.1. The van der Waals surface area contributed by atoms with Crippen LogP contribution in [0.15, 0.2) is 24.3 Å². The molecular formula is C19H20F3N5O3S. The number of nitrogens with one attached hydrogen (secondary N) is 2. The molecular weight excluding hydrogens is 435 g/mol. The molecule has 1 saturated heterocycles. The Bertz CT molecular complexity index is 961. The van der Waals surface area contributed by atoms with Gasteiger partial charge in [-0.05, 0) is 30.7 Å². The molecule has 1 fully saturated rings. The summed E-state index contributed by atoms with van der Waals surface area (Å²) in [5.74, 6) is -1.41. The minimum Gasteiger partial charge on any atom is -0.342 e. The van der Waals surface area contributed by atoms with Crippen molar-refractivity contribution in [1.82, 2.24) is 15.1 Å². The van der Waals surface area contributed by atoms with Crippen LogP contribution in [0.25, 0.3) is 0 Å². The summed E-state index contributed by atoms with van der Waals surface area (Å²) in [7, 11) is 0. The fraction of sp³-hybridized carbons (Fsp3) is 0.421. The molecule has 3 rings (SSSR count). The van der Waals surface area contributed by atoms with E-state index >= 15 is 0 Å². The Balaban J connectivity index is 1.55. The number of benzene rings is 1. The van der Waals surface area contributed by atoms with Gasteiger partial charge in [-0.15, -0.1) is 10.2 Å². The van der Waals surface area contributed by atoms with Crippen LogP contribution in [-0.2, 0) is 15.8 Å². The Hall–Kier alpha value is -3.02. The third kappa shape index (κ3) is 5.78. The number of rotatable bonds is 7. The van der Waals surface area contributed by atoms with Gasteiger partial charge in [0.05, 0.1) is 5.92 Å². The van der Waals surface area contributed by atoms with Gasteiger partial charge in [0, 0.05) is 30.8 Å². The molecule has 0 saturated carbocycles. The van der Waals surface area contributed by atoms with E-state index in [1.807, 2.05) is 6.92 Å². The third-order valence-electron chi connectivity index (χ3n) is 4.67. The zero-order valence-corrected chi connectivity index (χ0v) is 17.3. The van der Waals surface area contributed by atoms with Gasteiger partial charge in [-0.25, -0.2) is 0 Å². The van der Waals surface area contributed by atoms with Gasteiger partial charge in [-0.1, -0.05) is 24.7 Å². The number of nitrogens with zero attached hydrogens (tertiary/aromatic N) is 3. The van der Waals surface area contributed by atoms with E-state index in [0.717, 1.165) is 12.8 Å². The molecule has 2 heterocycles. The van der Waals surface area contributed by atoms with Gasteiger partial charge in [0.2, 0.25) is 22.0 Å². The molecule has 3 amide bonds. The summed E-state index contributed by atoms with van der Waals surface area (Å²) in [5, 5.41) is 9.86. The van der Waals surface area contributed by atoms with E-state index in [0.29, 0.717) is 18.8 Å². The van der Waals surface area contributed by atoms with Crippen molar-refractivity contribution in [2.45, 2.75) is 32.4 Å². The van der Waals surface area contributed by atoms with Gasteiger partial charge in [0.15, 0.2) is 0 Å². The summed E-state index contributed by atoms with van der Waals surface area (Å²) in [5.41, 5.74) is 0.611. The van der Waals surface area contributed by atoms with Gasteiger partial charge >= 0.3 is 6.18 Å². The molecule has 1 unspecified atom stereocenters. The quantitative estimate of drug-likeness (QED) is 0.666. The lowest BCUT2D eigenvalue weighted by Crippen LogP contribution is -2.29. The molecule has 0 spiro atoms. The number of carbonyl (C=O) groups excluding carboxylic acids is 3. The predicted molar refractivity (Wildman–Crippen MR) is 108 cm³/mol. The Morgan fingerprint density at radius 1 is 1.19 bits per heavy atom. The van der Waals surface area contributed by atoms with E-state index in [2.05, 4.69) is 20.8 Å². The van der Waals surface area contributed by atoms with Gasteiger partial charge < -0.3 is 10.2 Å². The van der Waals surface area contributed by atoms with Gasteiger partial charge in [0.1, 0.15) is 0 Å². The van der Waals surface area contributed by atoms with E-state index in [9.17, 15) is 27.6 Å². The van der Waals surface area contributed by atoms with Gasteiger partial charge in [0.25, 0.3) is 5.91 Å². The molecule has 8 nitrogen and oxygen atoms in total. The maximum Gasteiger partial charge on any atom is 0.445 e. The number of aromatic nitrogens is 2. The van der Waals surface area contributed by atoms with Gasteiger partial charge in [-0.3, -0.25) is 19.7 Å². The molecule has 12 heteroatoms. The highest BCUT2D eigenvalue weighted by molar-refractivity contribution is 7.15. The van der Waals surface area contributed by atoms with Crippen LogP contribution in [0.4, 0.5) is 24.0 Å². The van der Waals surface area contributed by atoms with E-state index < -0.39 is 23.0 Å². The minimum absolute atomic E-state index is 0.0361.